The van der Waals surface area contributed by atoms with Crippen molar-refractivity contribution in [3.05, 3.63) is 34.6 Å². The molecule has 0 saturated heterocycles. The number of benzene rings is 1. The molecule has 0 aliphatic carbocycles. The van der Waals surface area contributed by atoms with E-state index in [-0.39, 0.29) is 6.42 Å². The quantitative estimate of drug-likeness (QED) is 0.132. The van der Waals surface area contributed by atoms with Gasteiger partial charge in [0.15, 0.2) is 23.3 Å². The van der Waals surface area contributed by atoms with Crippen LogP contribution in [0.4, 0.5) is 22.0 Å². The highest BCUT2D eigenvalue weighted by molar-refractivity contribution is 5.24. The fourth-order valence-corrected chi connectivity index (χ4v) is 3.11. The van der Waals surface area contributed by atoms with Gasteiger partial charge in [-0.05, 0) is 26.2 Å². The first kappa shape index (κ1) is 23.9. The lowest BCUT2D eigenvalue weighted by Gasteiger charge is -2.08. The Hall–Kier alpha value is -1.17. The van der Waals surface area contributed by atoms with Gasteiger partial charge in [0.1, 0.15) is 0 Å². The van der Waals surface area contributed by atoms with Gasteiger partial charge in [0.25, 0.3) is 0 Å². The number of ether oxygens (including phenoxy) is 1. The van der Waals surface area contributed by atoms with Crippen LogP contribution in [0.25, 0.3) is 0 Å². The molecule has 0 fully saturated rings. The molecule has 27 heavy (non-hydrogen) atoms. The van der Waals surface area contributed by atoms with Gasteiger partial charge < -0.3 is 4.74 Å². The van der Waals surface area contributed by atoms with Crippen LogP contribution in [0, 0.1) is 29.1 Å². The largest absolute Gasteiger partial charge is 0.382 e. The fraction of sp³-hybridized carbons (Fsp3) is 0.714. The van der Waals surface area contributed by atoms with Crippen molar-refractivity contribution in [2.24, 2.45) is 0 Å². The minimum Gasteiger partial charge on any atom is -0.382 e. The van der Waals surface area contributed by atoms with Crippen LogP contribution in [0.15, 0.2) is 0 Å². The molecule has 1 aromatic rings. The monoisotopic (exact) mass is 394 g/mol. The van der Waals surface area contributed by atoms with Gasteiger partial charge in [-0.15, -0.1) is 0 Å². The van der Waals surface area contributed by atoms with Crippen molar-refractivity contribution in [3.8, 4) is 0 Å². The number of unbranched alkanes of at least 4 members (excludes halogenated alkanes) is 10. The first-order chi connectivity index (χ1) is 13.0. The molecule has 0 N–H and O–H groups in total. The molecular formula is C21H31F5O. The number of halogens is 5. The molecule has 0 radical (unpaired) electrons. The minimum atomic E-state index is -2.09. The summed E-state index contributed by atoms with van der Waals surface area (Å²) < 4.78 is 71.6. The van der Waals surface area contributed by atoms with E-state index in [2.05, 4.69) is 0 Å². The van der Waals surface area contributed by atoms with Crippen LogP contribution in [0.2, 0.25) is 0 Å². The predicted octanol–water partition coefficient (Wildman–Crippen LogP) is 7.25. The lowest BCUT2D eigenvalue weighted by Crippen LogP contribution is -2.07. The topological polar surface area (TPSA) is 9.23 Å². The minimum absolute atomic E-state index is 0.131. The Kier molecular flexibility index (Phi) is 12.3. The third-order valence-corrected chi connectivity index (χ3v) is 4.72. The van der Waals surface area contributed by atoms with E-state index in [1.165, 1.54) is 32.1 Å². The van der Waals surface area contributed by atoms with Crippen LogP contribution >= 0.6 is 0 Å². The molecule has 0 spiro atoms. The van der Waals surface area contributed by atoms with Crippen molar-refractivity contribution >= 4 is 0 Å². The molecule has 0 heterocycles. The Morgan fingerprint density at radius 3 is 1.33 bits per heavy atom. The first-order valence-electron chi connectivity index (χ1n) is 10.1. The van der Waals surface area contributed by atoms with Gasteiger partial charge in [-0.1, -0.05) is 57.8 Å². The van der Waals surface area contributed by atoms with Gasteiger partial charge in [0.2, 0.25) is 5.82 Å². The average molecular weight is 394 g/mol. The van der Waals surface area contributed by atoms with Gasteiger partial charge in [-0.25, -0.2) is 22.0 Å². The molecule has 0 unspecified atom stereocenters. The predicted molar refractivity (Wildman–Crippen MR) is 97.2 cm³/mol. The third kappa shape index (κ3) is 8.58. The lowest BCUT2D eigenvalue weighted by molar-refractivity contribution is 0.143. The van der Waals surface area contributed by atoms with E-state index in [4.69, 9.17) is 4.74 Å². The standard InChI is InChI=1S/C21H31F5O/c1-2-27-15-13-11-9-7-5-3-4-6-8-10-12-14-16-17(22)19(24)21(26)20(25)18(16)23/h2-15H2,1H3. The van der Waals surface area contributed by atoms with Crippen LogP contribution < -0.4 is 0 Å². The summed E-state index contributed by atoms with van der Waals surface area (Å²) in [5.74, 6) is -9.22. The summed E-state index contributed by atoms with van der Waals surface area (Å²) in [5.41, 5.74) is -0.698. The zero-order chi connectivity index (χ0) is 20.1. The van der Waals surface area contributed by atoms with E-state index >= 15 is 0 Å². The van der Waals surface area contributed by atoms with Crippen LogP contribution in [-0.4, -0.2) is 13.2 Å². The molecular weight excluding hydrogens is 363 g/mol. The van der Waals surface area contributed by atoms with Crippen LogP contribution in [0.1, 0.15) is 83.1 Å². The molecule has 6 heteroatoms. The van der Waals surface area contributed by atoms with E-state index in [0.29, 0.717) is 6.42 Å². The van der Waals surface area contributed by atoms with E-state index in [9.17, 15) is 22.0 Å². The maximum absolute atomic E-state index is 13.5. The summed E-state index contributed by atoms with van der Waals surface area (Å²) in [6.07, 6.45) is 11.2. The average Bonchev–Trinajstić information content (AvgIpc) is 2.67. The number of hydrogen-bond acceptors (Lipinski definition) is 1. The summed E-state index contributed by atoms with van der Waals surface area (Å²) in [5, 5.41) is 0. The van der Waals surface area contributed by atoms with Crippen LogP contribution in [0.3, 0.4) is 0 Å². The van der Waals surface area contributed by atoms with Crippen LogP contribution in [0.5, 0.6) is 0 Å². The Morgan fingerprint density at radius 1 is 0.519 bits per heavy atom. The van der Waals surface area contributed by atoms with Crippen molar-refractivity contribution in [3.63, 3.8) is 0 Å². The van der Waals surface area contributed by atoms with Crippen molar-refractivity contribution in [1.82, 2.24) is 0 Å². The number of rotatable bonds is 15. The zero-order valence-corrected chi connectivity index (χ0v) is 16.2. The highest BCUT2D eigenvalue weighted by Gasteiger charge is 2.24. The van der Waals surface area contributed by atoms with Crippen molar-refractivity contribution in [2.75, 3.05) is 13.2 Å². The normalized spacial score (nSPS) is 11.3. The molecule has 1 rings (SSSR count). The van der Waals surface area contributed by atoms with Gasteiger partial charge in [-0.2, -0.15) is 0 Å². The SMILES string of the molecule is CCOCCCCCCCCCCCCCc1c(F)c(F)c(F)c(F)c1F. The second-order valence-corrected chi connectivity index (χ2v) is 6.88. The Morgan fingerprint density at radius 2 is 0.889 bits per heavy atom. The van der Waals surface area contributed by atoms with Gasteiger partial charge in [-0.3, -0.25) is 0 Å². The second kappa shape index (κ2) is 13.9. The summed E-state index contributed by atoms with van der Waals surface area (Å²) in [7, 11) is 0. The first-order valence-corrected chi connectivity index (χ1v) is 10.1. The van der Waals surface area contributed by atoms with Gasteiger partial charge >= 0.3 is 0 Å². The zero-order valence-electron chi connectivity index (χ0n) is 16.2. The summed E-state index contributed by atoms with van der Waals surface area (Å²) in [6.45, 7) is 3.63. The lowest BCUT2D eigenvalue weighted by atomic mass is 10.0. The molecule has 0 amide bonds. The van der Waals surface area contributed by atoms with Gasteiger partial charge in [0, 0.05) is 18.8 Å². The van der Waals surface area contributed by atoms with Crippen LogP contribution in [-0.2, 0) is 11.2 Å². The Labute approximate surface area is 159 Å². The molecule has 0 aliphatic rings. The molecule has 0 atom stereocenters. The molecule has 156 valence electrons. The van der Waals surface area contributed by atoms with E-state index < -0.39 is 34.6 Å². The van der Waals surface area contributed by atoms with Crippen molar-refractivity contribution in [1.29, 1.82) is 0 Å². The van der Waals surface area contributed by atoms with Crippen molar-refractivity contribution < 1.29 is 26.7 Å². The Balaban J connectivity index is 2.06. The maximum atomic E-state index is 13.5. The Bertz CT molecular complexity index is 519. The number of hydrogen-bond donors (Lipinski definition) is 0. The second-order valence-electron chi connectivity index (χ2n) is 6.88. The molecule has 0 bridgehead atoms. The van der Waals surface area contributed by atoms with E-state index in [1.54, 1.807) is 0 Å². The molecule has 1 nitrogen and oxygen atoms in total. The highest BCUT2D eigenvalue weighted by atomic mass is 19.2. The van der Waals surface area contributed by atoms with E-state index in [1.807, 2.05) is 6.92 Å². The van der Waals surface area contributed by atoms with E-state index in [0.717, 1.165) is 45.3 Å². The van der Waals surface area contributed by atoms with Crippen molar-refractivity contribution in [2.45, 2.75) is 84.0 Å². The molecule has 0 saturated carbocycles. The smallest absolute Gasteiger partial charge is 0.200 e. The summed E-state index contributed by atoms with van der Waals surface area (Å²) in [6, 6.07) is 0. The molecule has 1 aromatic carbocycles. The van der Waals surface area contributed by atoms with Gasteiger partial charge in [0.05, 0.1) is 0 Å². The molecule has 0 aromatic heterocycles. The maximum Gasteiger partial charge on any atom is 0.200 e. The summed E-state index contributed by atoms with van der Waals surface area (Å²) >= 11 is 0. The summed E-state index contributed by atoms with van der Waals surface area (Å²) in [4.78, 5) is 0. The third-order valence-electron chi connectivity index (χ3n) is 4.72. The fourth-order valence-electron chi connectivity index (χ4n) is 3.11. The highest BCUT2D eigenvalue weighted by Crippen LogP contribution is 2.24. The molecule has 0 aliphatic heterocycles.